The van der Waals surface area contributed by atoms with Gasteiger partial charge < -0.3 is 10.0 Å². The summed E-state index contributed by atoms with van der Waals surface area (Å²) in [5, 5.41) is 8.54. The molecule has 1 N–H and O–H groups in total. The van der Waals surface area contributed by atoms with Crippen LogP contribution in [0.15, 0.2) is 0 Å². The van der Waals surface area contributed by atoms with Gasteiger partial charge >= 0.3 is 18.1 Å². The number of halogens is 3. The number of hydrogen-bond donors (Lipinski definition) is 1. The summed E-state index contributed by atoms with van der Waals surface area (Å²) in [7, 11) is 0. The molecule has 4 nitrogen and oxygen atoms in total. The average molecular weight is 267 g/mol. The first kappa shape index (κ1) is 14.8. The molecular weight excluding hydrogens is 251 g/mol. The number of carbonyl (C=O) groups is 2. The smallest absolute Gasteiger partial charge is 0.471 e. The highest BCUT2D eigenvalue weighted by Gasteiger charge is 2.45. The van der Waals surface area contributed by atoms with E-state index in [-0.39, 0.29) is 18.9 Å². The van der Waals surface area contributed by atoms with Gasteiger partial charge in [0.2, 0.25) is 0 Å². The predicted molar refractivity (Wildman–Crippen MR) is 56.8 cm³/mol. The van der Waals surface area contributed by atoms with Crippen LogP contribution in [0.5, 0.6) is 0 Å². The molecule has 1 aliphatic heterocycles. The molecule has 0 unspecified atom stereocenters. The topological polar surface area (TPSA) is 57.6 Å². The minimum atomic E-state index is -4.86. The third-order valence-electron chi connectivity index (χ3n) is 3.25. The van der Waals surface area contributed by atoms with Crippen molar-refractivity contribution in [2.24, 2.45) is 5.92 Å². The molecule has 1 heterocycles. The number of likely N-dealkylation sites (tertiary alicyclic amines) is 1. The van der Waals surface area contributed by atoms with Crippen molar-refractivity contribution in [1.29, 1.82) is 0 Å². The Morgan fingerprint density at radius 2 is 1.94 bits per heavy atom. The zero-order valence-electron chi connectivity index (χ0n) is 10.0. The SMILES string of the molecule is C[C@@H]1CC[C@@H](CCC(=O)O)CN1C(=O)C(F)(F)F. The van der Waals surface area contributed by atoms with Crippen LogP contribution in [0, 0.1) is 5.92 Å². The lowest BCUT2D eigenvalue weighted by atomic mass is 9.90. The number of rotatable bonds is 3. The lowest BCUT2D eigenvalue weighted by molar-refractivity contribution is -0.189. The number of carboxylic acid groups (broad SMARTS) is 1. The van der Waals surface area contributed by atoms with Crippen LogP contribution in [0.4, 0.5) is 13.2 Å². The lowest BCUT2D eigenvalue weighted by Gasteiger charge is -2.38. The second kappa shape index (κ2) is 5.58. The van der Waals surface area contributed by atoms with Gasteiger partial charge in [-0.15, -0.1) is 0 Å². The van der Waals surface area contributed by atoms with Crippen LogP contribution >= 0.6 is 0 Å². The largest absolute Gasteiger partial charge is 0.481 e. The zero-order valence-corrected chi connectivity index (χ0v) is 10.0. The Balaban J connectivity index is 2.61. The maximum absolute atomic E-state index is 12.4. The molecule has 1 rings (SSSR count). The molecule has 0 radical (unpaired) electrons. The summed E-state index contributed by atoms with van der Waals surface area (Å²) in [5.41, 5.74) is 0. The van der Waals surface area contributed by atoms with Gasteiger partial charge in [-0.2, -0.15) is 13.2 Å². The van der Waals surface area contributed by atoms with Crippen LogP contribution in [0.2, 0.25) is 0 Å². The quantitative estimate of drug-likeness (QED) is 0.851. The number of alkyl halides is 3. The minimum Gasteiger partial charge on any atom is -0.481 e. The molecular formula is C11H16F3NO3. The fourth-order valence-corrected chi connectivity index (χ4v) is 2.19. The number of piperidine rings is 1. The van der Waals surface area contributed by atoms with E-state index >= 15 is 0 Å². The van der Waals surface area contributed by atoms with Crippen LogP contribution in [-0.4, -0.2) is 40.6 Å². The molecule has 0 aliphatic carbocycles. The van der Waals surface area contributed by atoms with Gasteiger partial charge in [0.15, 0.2) is 0 Å². The first-order valence-corrected chi connectivity index (χ1v) is 5.81. The number of amides is 1. The van der Waals surface area contributed by atoms with Gasteiger partial charge in [-0.3, -0.25) is 9.59 Å². The van der Waals surface area contributed by atoms with E-state index in [4.69, 9.17) is 5.11 Å². The molecule has 1 saturated heterocycles. The molecule has 0 aromatic heterocycles. The molecule has 1 aliphatic rings. The van der Waals surface area contributed by atoms with Crippen molar-refractivity contribution in [2.75, 3.05) is 6.54 Å². The zero-order chi connectivity index (χ0) is 13.9. The first-order chi connectivity index (χ1) is 8.21. The van der Waals surface area contributed by atoms with Crippen molar-refractivity contribution in [3.8, 4) is 0 Å². The van der Waals surface area contributed by atoms with E-state index in [0.717, 1.165) is 4.90 Å². The normalized spacial score (nSPS) is 25.0. The maximum atomic E-state index is 12.4. The first-order valence-electron chi connectivity index (χ1n) is 5.81. The summed E-state index contributed by atoms with van der Waals surface area (Å²) >= 11 is 0. The van der Waals surface area contributed by atoms with Gasteiger partial charge in [0, 0.05) is 19.0 Å². The number of aliphatic carboxylic acids is 1. The van der Waals surface area contributed by atoms with Crippen molar-refractivity contribution in [2.45, 2.75) is 44.8 Å². The third-order valence-corrected chi connectivity index (χ3v) is 3.25. The van der Waals surface area contributed by atoms with Gasteiger partial charge in [-0.1, -0.05) is 0 Å². The molecule has 104 valence electrons. The van der Waals surface area contributed by atoms with E-state index in [0.29, 0.717) is 19.3 Å². The van der Waals surface area contributed by atoms with E-state index < -0.39 is 24.1 Å². The molecule has 0 spiro atoms. The molecule has 0 aromatic carbocycles. The molecule has 18 heavy (non-hydrogen) atoms. The van der Waals surface area contributed by atoms with E-state index in [1.807, 2.05) is 0 Å². The Labute approximate surface area is 103 Å². The Morgan fingerprint density at radius 3 is 2.44 bits per heavy atom. The number of nitrogens with zero attached hydrogens (tertiary/aromatic N) is 1. The van der Waals surface area contributed by atoms with E-state index in [9.17, 15) is 22.8 Å². The average Bonchev–Trinajstić information content (AvgIpc) is 2.25. The predicted octanol–water partition coefficient (Wildman–Crippen LogP) is 2.04. The van der Waals surface area contributed by atoms with Gasteiger partial charge in [-0.25, -0.2) is 0 Å². The number of hydrogen-bond acceptors (Lipinski definition) is 2. The highest BCUT2D eigenvalue weighted by atomic mass is 19.4. The Bertz CT molecular complexity index is 330. The maximum Gasteiger partial charge on any atom is 0.471 e. The summed E-state index contributed by atoms with van der Waals surface area (Å²) in [5.74, 6) is -2.96. The summed E-state index contributed by atoms with van der Waals surface area (Å²) in [4.78, 5) is 22.4. The Morgan fingerprint density at radius 1 is 1.33 bits per heavy atom. The van der Waals surface area contributed by atoms with Crippen LogP contribution in [0.25, 0.3) is 0 Å². The van der Waals surface area contributed by atoms with Crippen molar-refractivity contribution in [3.63, 3.8) is 0 Å². The third kappa shape index (κ3) is 3.89. The van der Waals surface area contributed by atoms with Crippen LogP contribution < -0.4 is 0 Å². The molecule has 1 amide bonds. The van der Waals surface area contributed by atoms with Crippen molar-refractivity contribution in [1.82, 2.24) is 4.90 Å². The minimum absolute atomic E-state index is 0.00715. The monoisotopic (exact) mass is 267 g/mol. The fourth-order valence-electron chi connectivity index (χ4n) is 2.19. The summed E-state index contributed by atoms with van der Waals surface area (Å²) in [6.45, 7) is 1.57. The molecule has 0 saturated carbocycles. The second-order valence-electron chi connectivity index (χ2n) is 4.68. The number of carboxylic acids is 1. The summed E-state index contributed by atoms with van der Waals surface area (Å²) in [6, 6.07) is -0.444. The number of carbonyl (C=O) groups excluding carboxylic acids is 1. The highest BCUT2D eigenvalue weighted by Crippen LogP contribution is 2.29. The van der Waals surface area contributed by atoms with Crippen LogP contribution in [0.3, 0.4) is 0 Å². The van der Waals surface area contributed by atoms with Gasteiger partial charge in [-0.05, 0) is 32.1 Å². The highest BCUT2D eigenvalue weighted by molar-refractivity contribution is 5.82. The molecule has 2 atom stereocenters. The second-order valence-corrected chi connectivity index (χ2v) is 4.68. The molecule has 1 fully saturated rings. The molecule has 0 bridgehead atoms. The van der Waals surface area contributed by atoms with Gasteiger partial charge in [0.25, 0.3) is 0 Å². The molecule has 7 heteroatoms. The summed E-state index contributed by atoms with van der Waals surface area (Å²) in [6.07, 6.45) is -3.48. The summed E-state index contributed by atoms with van der Waals surface area (Å²) < 4.78 is 37.1. The van der Waals surface area contributed by atoms with Gasteiger partial charge in [0.1, 0.15) is 0 Å². The molecule has 0 aromatic rings. The van der Waals surface area contributed by atoms with Crippen molar-refractivity contribution >= 4 is 11.9 Å². The van der Waals surface area contributed by atoms with Crippen LogP contribution in [-0.2, 0) is 9.59 Å². The lowest BCUT2D eigenvalue weighted by Crippen LogP contribution is -2.50. The van der Waals surface area contributed by atoms with Crippen LogP contribution in [0.1, 0.15) is 32.6 Å². The van der Waals surface area contributed by atoms with E-state index in [1.54, 1.807) is 6.92 Å². The Kier molecular flexibility index (Phi) is 4.59. The fraction of sp³-hybridized carbons (Fsp3) is 0.818. The van der Waals surface area contributed by atoms with E-state index in [1.165, 1.54) is 0 Å². The van der Waals surface area contributed by atoms with Crippen molar-refractivity contribution in [3.05, 3.63) is 0 Å². The van der Waals surface area contributed by atoms with Gasteiger partial charge in [0.05, 0.1) is 0 Å². The van der Waals surface area contributed by atoms with Crippen molar-refractivity contribution < 1.29 is 27.9 Å². The van der Waals surface area contributed by atoms with E-state index in [2.05, 4.69) is 0 Å². The Hall–Kier alpha value is -1.27. The standard InChI is InChI=1S/C11H16F3NO3/c1-7-2-3-8(4-5-9(16)17)6-15(7)10(18)11(12,13)14/h7-8H,2-6H2,1H3,(H,16,17)/t7-,8+/m1/s1.